The molecule has 2 aromatic carbocycles. The first-order chi connectivity index (χ1) is 14.8. The number of benzene rings is 2. The van der Waals surface area contributed by atoms with E-state index in [0.717, 1.165) is 6.07 Å². The molecule has 10 heteroatoms. The van der Waals surface area contributed by atoms with E-state index < -0.39 is 54.2 Å². The van der Waals surface area contributed by atoms with Gasteiger partial charge in [0.05, 0.1) is 12.0 Å². The number of aliphatic hydroxyl groups is 4. The van der Waals surface area contributed by atoms with Gasteiger partial charge in [-0.2, -0.15) is 0 Å². The molecule has 10 nitrogen and oxygen atoms in total. The van der Waals surface area contributed by atoms with Gasteiger partial charge in [-0.05, 0) is 30.3 Å². The molecule has 0 amide bonds. The summed E-state index contributed by atoms with van der Waals surface area (Å²) in [7, 11) is 0. The van der Waals surface area contributed by atoms with Gasteiger partial charge in [0.1, 0.15) is 30.0 Å². The summed E-state index contributed by atoms with van der Waals surface area (Å²) in [6.07, 6.45) is -7.91. The fourth-order valence-corrected chi connectivity index (χ4v) is 3.37. The Morgan fingerprint density at radius 2 is 1.68 bits per heavy atom. The van der Waals surface area contributed by atoms with E-state index in [1.54, 1.807) is 18.2 Å². The Morgan fingerprint density at radius 1 is 0.935 bits per heavy atom. The van der Waals surface area contributed by atoms with Crippen molar-refractivity contribution in [2.45, 2.75) is 30.7 Å². The molecule has 6 N–H and O–H groups in total. The van der Waals surface area contributed by atoms with Crippen molar-refractivity contribution in [3.8, 4) is 28.6 Å². The summed E-state index contributed by atoms with van der Waals surface area (Å²) in [5.74, 6) is -1.38. The zero-order chi connectivity index (χ0) is 22.3. The molecule has 0 aliphatic carbocycles. The summed E-state index contributed by atoms with van der Waals surface area (Å²) in [6.45, 7) is -0.671. The van der Waals surface area contributed by atoms with Crippen molar-refractivity contribution < 1.29 is 44.5 Å². The van der Waals surface area contributed by atoms with Gasteiger partial charge in [0, 0.05) is 5.56 Å². The van der Waals surface area contributed by atoms with E-state index in [4.69, 9.17) is 13.9 Å². The Balaban J connectivity index is 1.85. The molecule has 1 fully saturated rings. The number of phenols is 2. The van der Waals surface area contributed by atoms with Crippen LogP contribution in [-0.2, 0) is 4.74 Å². The van der Waals surface area contributed by atoms with Crippen molar-refractivity contribution in [3.05, 3.63) is 52.7 Å². The summed E-state index contributed by atoms with van der Waals surface area (Å²) >= 11 is 0. The van der Waals surface area contributed by atoms with E-state index in [1.165, 1.54) is 18.2 Å². The van der Waals surface area contributed by atoms with Crippen LogP contribution in [0.4, 0.5) is 0 Å². The molecule has 1 aliphatic rings. The van der Waals surface area contributed by atoms with Crippen molar-refractivity contribution in [2.75, 3.05) is 6.61 Å². The highest BCUT2D eigenvalue weighted by molar-refractivity contribution is 5.82. The monoisotopic (exact) mass is 432 g/mol. The Morgan fingerprint density at radius 3 is 2.39 bits per heavy atom. The van der Waals surface area contributed by atoms with Crippen LogP contribution in [0.15, 0.2) is 51.7 Å². The fourth-order valence-electron chi connectivity index (χ4n) is 3.37. The van der Waals surface area contributed by atoms with Gasteiger partial charge in [-0.3, -0.25) is 4.79 Å². The van der Waals surface area contributed by atoms with Crippen LogP contribution in [-0.4, -0.2) is 68.0 Å². The molecule has 4 rings (SSSR count). The molecule has 1 aromatic heterocycles. The van der Waals surface area contributed by atoms with Gasteiger partial charge in [0.2, 0.25) is 17.5 Å². The SMILES string of the molecule is O=c1c(O[C@@H]2O[C@@H](CO)[C@H](O)[C@H](O)[C@H]2O)c(-c2ccc(O)c(O)c2)oc2ccccc12. The average Bonchev–Trinajstić information content (AvgIpc) is 2.77. The molecule has 0 radical (unpaired) electrons. The third kappa shape index (κ3) is 3.71. The number of hydrogen-bond donors (Lipinski definition) is 6. The number of fused-ring (bicyclic) bond motifs is 1. The number of hydrogen-bond acceptors (Lipinski definition) is 10. The average molecular weight is 432 g/mol. The van der Waals surface area contributed by atoms with Gasteiger partial charge >= 0.3 is 0 Å². The first-order valence-electron chi connectivity index (χ1n) is 9.37. The quantitative estimate of drug-likeness (QED) is 0.310. The standard InChI is InChI=1S/C21H20O10/c22-8-14-16(26)17(27)18(28)21(30-14)31-20-15(25)10-3-1-2-4-13(10)29-19(20)9-5-6-11(23)12(24)7-9/h1-7,14,16-18,21-24,26-28H,8H2/t14-,16-,17-,18+,21-/m0/s1. The highest BCUT2D eigenvalue weighted by Crippen LogP contribution is 2.37. The smallest absolute Gasteiger partial charge is 0.235 e. The second-order valence-electron chi connectivity index (χ2n) is 7.10. The van der Waals surface area contributed by atoms with E-state index in [0.29, 0.717) is 0 Å². The number of phenolic OH excluding ortho intramolecular Hbond substituents is 2. The first kappa shape index (κ1) is 21.1. The Labute approximate surface area is 174 Å². The fraction of sp³-hybridized carbons (Fsp3) is 0.286. The Hall–Kier alpha value is -3.15. The van der Waals surface area contributed by atoms with E-state index in [1.807, 2.05) is 0 Å². The van der Waals surface area contributed by atoms with Crippen LogP contribution in [0.25, 0.3) is 22.3 Å². The summed E-state index contributed by atoms with van der Waals surface area (Å²) in [5.41, 5.74) is -0.227. The maximum atomic E-state index is 13.2. The van der Waals surface area contributed by atoms with Gasteiger partial charge in [0.15, 0.2) is 17.3 Å². The van der Waals surface area contributed by atoms with Crippen LogP contribution in [0.5, 0.6) is 17.2 Å². The lowest BCUT2D eigenvalue weighted by atomic mass is 9.99. The molecular formula is C21H20O10. The van der Waals surface area contributed by atoms with Gasteiger partial charge in [-0.1, -0.05) is 12.1 Å². The third-order valence-corrected chi connectivity index (χ3v) is 5.08. The number of ether oxygens (including phenoxy) is 2. The van der Waals surface area contributed by atoms with Gasteiger partial charge < -0.3 is 44.5 Å². The van der Waals surface area contributed by atoms with Crippen molar-refractivity contribution in [3.63, 3.8) is 0 Å². The molecule has 5 atom stereocenters. The normalized spacial score (nSPS) is 26.1. The topological polar surface area (TPSA) is 170 Å². The maximum absolute atomic E-state index is 13.2. The molecule has 0 saturated carbocycles. The van der Waals surface area contributed by atoms with Gasteiger partial charge in [0.25, 0.3) is 0 Å². The van der Waals surface area contributed by atoms with Crippen LogP contribution in [0.1, 0.15) is 0 Å². The lowest BCUT2D eigenvalue weighted by Gasteiger charge is -2.39. The minimum absolute atomic E-state index is 0.129. The van der Waals surface area contributed by atoms with Crippen molar-refractivity contribution in [1.82, 2.24) is 0 Å². The molecule has 3 aromatic rings. The van der Waals surface area contributed by atoms with Crippen molar-refractivity contribution >= 4 is 11.0 Å². The third-order valence-electron chi connectivity index (χ3n) is 5.08. The zero-order valence-electron chi connectivity index (χ0n) is 16.0. The van der Waals surface area contributed by atoms with E-state index in [9.17, 15) is 35.4 Å². The van der Waals surface area contributed by atoms with E-state index >= 15 is 0 Å². The van der Waals surface area contributed by atoms with Crippen molar-refractivity contribution in [2.24, 2.45) is 0 Å². The molecule has 0 bridgehead atoms. The Kier molecular flexibility index (Phi) is 5.56. The lowest BCUT2D eigenvalue weighted by molar-refractivity contribution is -0.277. The second-order valence-corrected chi connectivity index (χ2v) is 7.10. The first-order valence-corrected chi connectivity index (χ1v) is 9.37. The largest absolute Gasteiger partial charge is 0.504 e. The summed E-state index contributed by atoms with van der Waals surface area (Å²) < 4.78 is 16.8. The predicted octanol–water partition coefficient (Wildman–Crippen LogP) is 0.0499. The molecule has 31 heavy (non-hydrogen) atoms. The summed E-state index contributed by atoms with van der Waals surface area (Å²) in [4.78, 5) is 13.2. The van der Waals surface area contributed by atoms with Crippen LogP contribution >= 0.6 is 0 Å². The molecule has 164 valence electrons. The van der Waals surface area contributed by atoms with Crippen LogP contribution < -0.4 is 10.2 Å². The predicted molar refractivity (Wildman–Crippen MR) is 106 cm³/mol. The summed E-state index contributed by atoms with van der Waals surface area (Å²) in [5, 5.41) is 59.2. The Bertz CT molecular complexity index is 1150. The van der Waals surface area contributed by atoms with E-state index in [-0.39, 0.29) is 28.0 Å². The van der Waals surface area contributed by atoms with Gasteiger partial charge in [-0.15, -0.1) is 0 Å². The molecule has 1 aliphatic heterocycles. The molecule has 1 saturated heterocycles. The molecular weight excluding hydrogens is 412 g/mol. The second kappa shape index (κ2) is 8.17. The molecule has 0 unspecified atom stereocenters. The number of para-hydroxylation sites is 1. The number of aliphatic hydroxyl groups excluding tert-OH is 4. The van der Waals surface area contributed by atoms with E-state index in [2.05, 4.69) is 0 Å². The van der Waals surface area contributed by atoms with Crippen LogP contribution in [0, 0.1) is 0 Å². The maximum Gasteiger partial charge on any atom is 0.235 e. The minimum atomic E-state index is -1.75. The number of aromatic hydroxyl groups is 2. The van der Waals surface area contributed by atoms with Crippen LogP contribution in [0.3, 0.4) is 0 Å². The molecule has 2 heterocycles. The molecule has 0 spiro atoms. The summed E-state index contributed by atoms with van der Waals surface area (Å²) in [6, 6.07) is 10.0. The lowest BCUT2D eigenvalue weighted by Crippen LogP contribution is -2.60. The highest BCUT2D eigenvalue weighted by atomic mass is 16.7. The van der Waals surface area contributed by atoms with Crippen LogP contribution in [0.2, 0.25) is 0 Å². The number of rotatable bonds is 4. The van der Waals surface area contributed by atoms with Gasteiger partial charge in [-0.25, -0.2) is 0 Å². The van der Waals surface area contributed by atoms with Crippen molar-refractivity contribution in [1.29, 1.82) is 0 Å². The minimum Gasteiger partial charge on any atom is -0.504 e. The highest BCUT2D eigenvalue weighted by Gasteiger charge is 2.45. The zero-order valence-corrected chi connectivity index (χ0v) is 16.0.